The van der Waals surface area contributed by atoms with Gasteiger partial charge >= 0.3 is 0 Å². The van der Waals surface area contributed by atoms with Crippen LogP contribution < -0.4 is 9.46 Å². The molecule has 1 N–H and O–H groups in total. The van der Waals surface area contributed by atoms with Gasteiger partial charge in [-0.2, -0.15) is 0 Å². The van der Waals surface area contributed by atoms with Gasteiger partial charge in [-0.25, -0.2) is 13.1 Å². The van der Waals surface area contributed by atoms with Crippen LogP contribution in [0.5, 0.6) is 5.75 Å². The van der Waals surface area contributed by atoms with Crippen molar-refractivity contribution in [2.45, 2.75) is 49.4 Å². The average Bonchev–Trinajstić information content (AvgIpc) is 3.21. The Kier molecular flexibility index (Phi) is 7.75. The molecule has 9 heteroatoms. The number of rotatable bonds is 8. The number of sulfonamides is 1. The Balaban J connectivity index is 1.44. The Labute approximate surface area is 232 Å². The third-order valence-corrected chi connectivity index (χ3v) is 9.76. The number of carbonyl (C=O) groups is 1. The molecule has 0 saturated heterocycles. The lowest BCUT2D eigenvalue weighted by atomic mass is 9.98. The van der Waals surface area contributed by atoms with Crippen LogP contribution in [0.3, 0.4) is 0 Å². The van der Waals surface area contributed by atoms with Gasteiger partial charge in [0.25, 0.3) is 15.9 Å². The predicted octanol–water partition coefficient (Wildman–Crippen LogP) is 6.54. The van der Waals surface area contributed by atoms with Crippen LogP contribution in [-0.2, 0) is 23.0 Å². The number of thioether (sulfide) groups is 1. The second-order valence-electron chi connectivity index (χ2n) is 9.44. The van der Waals surface area contributed by atoms with Gasteiger partial charge in [0.15, 0.2) is 0 Å². The van der Waals surface area contributed by atoms with Crippen LogP contribution in [0.1, 0.15) is 39.9 Å². The van der Waals surface area contributed by atoms with Crippen LogP contribution in [0.4, 0.5) is 0 Å². The second-order valence-corrected chi connectivity index (χ2v) is 12.6. The molecule has 3 aromatic carbocycles. The molecule has 0 fully saturated rings. The third kappa shape index (κ3) is 5.44. The number of nitrogens with one attached hydrogen (secondary N) is 1. The molecule has 0 saturated carbocycles. The summed E-state index contributed by atoms with van der Waals surface area (Å²) >= 11 is 7.99. The summed E-state index contributed by atoms with van der Waals surface area (Å²) in [6, 6.07) is 15.7. The van der Waals surface area contributed by atoms with Crippen molar-refractivity contribution in [3.63, 3.8) is 0 Å². The van der Waals surface area contributed by atoms with E-state index >= 15 is 0 Å². The predicted molar refractivity (Wildman–Crippen MR) is 153 cm³/mol. The van der Waals surface area contributed by atoms with Crippen molar-refractivity contribution in [3.8, 4) is 5.75 Å². The zero-order chi connectivity index (χ0) is 26.9. The number of nitrogens with zero attached hydrogens (tertiary/aromatic N) is 1. The highest BCUT2D eigenvalue weighted by Gasteiger charge is 2.25. The molecule has 38 heavy (non-hydrogen) atoms. The number of halogens is 1. The van der Waals surface area contributed by atoms with E-state index in [-0.39, 0.29) is 4.90 Å². The Hall–Kier alpha value is -2.94. The fourth-order valence-electron chi connectivity index (χ4n) is 4.87. The molecule has 4 aromatic rings. The molecule has 0 bridgehead atoms. The maximum Gasteiger partial charge on any atom is 0.265 e. The van der Waals surface area contributed by atoms with Crippen LogP contribution in [-0.4, -0.2) is 31.3 Å². The molecule has 6 nitrogen and oxygen atoms in total. The van der Waals surface area contributed by atoms with E-state index in [2.05, 4.69) is 15.5 Å². The first-order valence-electron chi connectivity index (χ1n) is 12.5. The molecule has 2 heterocycles. The number of hydrogen-bond donors (Lipinski definition) is 1. The number of aromatic nitrogens is 1. The van der Waals surface area contributed by atoms with E-state index in [1.165, 1.54) is 12.1 Å². The number of hydrogen-bond acceptors (Lipinski definition) is 5. The summed E-state index contributed by atoms with van der Waals surface area (Å²) in [7, 11) is -4.01. The normalized spacial score (nSPS) is 13.3. The zero-order valence-corrected chi connectivity index (χ0v) is 23.7. The number of carbonyl (C=O) groups excluding carboxylic acids is 1. The lowest BCUT2D eigenvalue weighted by Gasteiger charge is -2.16. The Morgan fingerprint density at radius 3 is 2.58 bits per heavy atom. The van der Waals surface area contributed by atoms with Gasteiger partial charge < -0.3 is 9.30 Å². The molecular formula is C29H29ClN2O4S2. The highest BCUT2D eigenvalue weighted by Crippen LogP contribution is 2.37. The highest BCUT2D eigenvalue weighted by atomic mass is 35.5. The zero-order valence-electron chi connectivity index (χ0n) is 21.3. The molecule has 0 spiro atoms. The van der Waals surface area contributed by atoms with Crippen molar-refractivity contribution >= 4 is 50.2 Å². The summed E-state index contributed by atoms with van der Waals surface area (Å²) in [6.45, 7) is 5.26. The first-order chi connectivity index (χ1) is 18.2. The van der Waals surface area contributed by atoms with Crippen molar-refractivity contribution in [2.24, 2.45) is 0 Å². The summed E-state index contributed by atoms with van der Waals surface area (Å²) in [5, 5.41) is 1.72. The number of ether oxygens (including phenoxy) is 1. The van der Waals surface area contributed by atoms with Gasteiger partial charge in [-0.1, -0.05) is 29.8 Å². The molecule has 0 radical (unpaired) electrons. The molecule has 1 aliphatic rings. The summed E-state index contributed by atoms with van der Waals surface area (Å²) in [4.78, 5) is 14.5. The van der Waals surface area contributed by atoms with E-state index in [1.807, 2.05) is 38.1 Å². The van der Waals surface area contributed by atoms with Crippen LogP contribution in [0.15, 0.2) is 70.6 Å². The molecular weight excluding hydrogens is 540 g/mol. The minimum Gasteiger partial charge on any atom is -0.494 e. The average molecular weight is 569 g/mol. The smallest absolute Gasteiger partial charge is 0.265 e. The minimum absolute atomic E-state index is 0.0524. The number of benzene rings is 3. The molecule has 5 rings (SSSR count). The lowest BCUT2D eigenvalue weighted by Crippen LogP contribution is -2.31. The standard InChI is InChI=1S/C29H29ClN2O4S2/c1-19-16-21(17-20(2)27(19)30)36-14-6-10-23-24-11-13-32-12-7-15-37-26(28(24)32)18-25(23)29(33)31-38(34,35)22-8-4-3-5-9-22/h3-5,8-9,11,13,16-18H,6-7,10,12,14-15H2,1-2H3,(H,31,33). The summed E-state index contributed by atoms with van der Waals surface area (Å²) in [5.41, 5.74) is 4.24. The molecule has 0 aliphatic carbocycles. The van der Waals surface area contributed by atoms with E-state index in [9.17, 15) is 13.2 Å². The van der Waals surface area contributed by atoms with Gasteiger partial charge in [-0.05, 0) is 92.0 Å². The maximum absolute atomic E-state index is 13.5. The fourth-order valence-corrected chi connectivity index (χ4v) is 7.03. The van der Waals surface area contributed by atoms with E-state index < -0.39 is 15.9 Å². The highest BCUT2D eigenvalue weighted by molar-refractivity contribution is 7.99. The molecule has 1 amide bonds. The van der Waals surface area contributed by atoms with Gasteiger partial charge in [0.2, 0.25) is 0 Å². The Morgan fingerprint density at radius 1 is 1.11 bits per heavy atom. The fraction of sp³-hybridized carbons (Fsp3) is 0.276. The van der Waals surface area contributed by atoms with Gasteiger partial charge in [0, 0.05) is 33.6 Å². The number of aryl methyl sites for hydroxylation is 4. The molecule has 198 valence electrons. The largest absolute Gasteiger partial charge is 0.494 e. The first-order valence-corrected chi connectivity index (χ1v) is 15.4. The maximum atomic E-state index is 13.5. The third-order valence-electron chi connectivity index (χ3n) is 6.70. The van der Waals surface area contributed by atoms with Crippen molar-refractivity contribution < 1.29 is 17.9 Å². The number of amides is 1. The quantitative estimate of drug-likeness (QED) is 0.244. The summed E-state index contributed by atoms with van der Waals surface area (Å²) < 4.78 is 36.4. The van der Waals surface area contributed by atoms with Crippen LogP contribution in [0, 0.1) is 13.8 Å². The molecule has 0 atom stereocenters. The lowest BCUT2D eigenvalue weighted by molar-refractivity contribution is 0.0980. The van der Waals surface area contributed by atoms with Crippen LogP contribution in [0.25, 0.3) is 10.9 Å². The molecule has 1 aromatic heterocycles. The second kappa shape index (κ2) is 11.0. The summed E-state index contributed by atoms with van der Waals surface area (Å²) in [6.07, 6.45) is 4.29. The van der Waals surface area contributed by atoms with Gasteiger partial charge in [-0.3, -0.25) is 4.79 Å². The van der Waals surface area contributed by atoms with E-state index in [4.69, 9.17) is 16.3 Å². The topological polar surface area (TPSA) is 77.4 Å². The van der Waals surface area contributed by atoms with Crippen LogP contribution in [0.2, 0.25) is 5.02 Å². The SMILES string of the molecule is Cc1cc(OCCCc2c(C(=O)NS(=O)(=O)c3ccccc3)cc3c4c2ccn4CCCS3)cc(C)c1Cl. The first kappa shape index (κ1) is 26.7. The van der Waals surface area contributed by atoms with E-state index in [0.29, 0.717) is 25.0 Å². The Bertz CT molecular complexity index is 1590. The molecule has 0 unspecified atom stereocenters. The summed E-state index contributed by atoms with van der Waals surface area (Å²) in [5.74, 6) is 1.07. The van der Waals surface area contributed by atoms with Crippen molar-refractivity contribution in [3.05, 3.63) is 88.1 Å². The van der Waals surface area contributed by atoms with E-state index in [0.717, 1.165) is 62.0 Å². The molecule has 1 aliphatic heterocycles. The van der Waals surface area contributed by atoms with Crippen molar-refractivity contribution in [2.75, 3.05) is 12.4 Å². The van der Waals surface area contributed by atoms with Crippen molar-refractivity contribution in [1.82, 2.24) is 9.29 Å². The van der Waals surface area contributed by atoms with Gasteiger partial charge in [0.05, 0.1) is 17.0 Å². The van der Waals surface area contributed by atoms with Gasteiger partial charge in [-0.15, -0.1) is 11.8 Å². The van der Waals surface area contributed by atoms with Gasteiger partial charge in [0.1, 0.15) is 5.75 Å². The van der Waals surface area contributed by atoms with E-state index in [1.54, 1.807) is 30.0 Å². The monoisotopic (exact) mass is 568 g/mol. The Morgan fingerprint density at radius 2 is 1.84 bits per heavy atom. The van der Waals surface area contributed by atoms with Crippen LogP contribution >= 0.6 is 23.4 Å². The van der Waals surface area contributed by atoms with Crippen molar-refractivity contribution in [1.29, 1.82) is 0 Å². The minimum atomic E-state index is -4.01.